The summed E-state index contributed by atoms with van der Waals surface area (Å²) in [6.45, 7) is 1.65. The smallest absolute Gasteiger partial charge is 0.597 e. The van der Waals surface area contributed by atoms with Gasteiger partial charge in [-0.3, -0.25) is 0 Å². The molecule has 50 valence electrons. The molecule has 0 bridgehead atoms. The van der Waals surface area contributed by atoms with Crippen molar-refractivity contribution < 1.29 is 44.1 Å². The van der Waals surface area contributed by atoms with Crippen LogP contribution in [0.15, 0.2) is 0 Å². The molecule has 2 atom stereocenters. The van der Waals surface area contributed by atoms with E-state index in [2.05, 4.69) is 0 Å². The molecule has 0 amide bonds. The average Bonchev–Trinajstić information content (AvgIpc) is 1.69. The van der Waals surface area contributed by atoms with E-state index in [9.17, 15) is 0 Å². The van der Waals surface area contributed by atoms with Crippen LogP contribution in [0, 0.1) is 0 Å². The van der Waals surface area contributed by atoms with E-state index in [0.717, 1.165) is 0 Å². The predicted octanol–water partition coefficient (Wildman–Crippen LogP) is -3.10. The zero-order chi connectivity index (χ0) is 6.99. The second-order valence-corrected chi connectivity index (χ2v) is 1.56. The summed E-state index contributed by atoms with van der Waals surface area (Å²) in [6.07, 6.45) is -0.350. The summed E-state index contributed by atoms with van der Waals surface area (Å²) in [5.41, 5.74) is 0. The maximum atomic E-state index is 8.40. The van der Waals surface area contributed by atoms with Gasteiger partial charge in [0.1, 0.15) is 0 Å². The number of aliphatic hydroxyl groups is 1. The fourth-order valence-corrected chi connectivity index (χ4v) is 0. The van der Waals surface area contributed by atoms with Crippen LogP contribution in [0.4, 0.5) is 0 Å². The summed E-state index contributed by atoms with van der Waals surface area (Å²) < 4.78 is 8.40. The molecule has 0 saturated carbocycles. The SMILES string of the molecule is CC(O)CCl.O=[PH+][O-].[Na+]. The van der Waals surface area contributed by atoms with Crippen LogP contribution in [0.25, 0.3) is 0 Å². The van der Waals surface area contributed by atoms with Crippen LogP contribution in [0.2, 0.25) is 0 Å². The summed E-state index contributed by atoms with van der Waals surface area (Å²) in [7, 11) is -1.42. The largest absolute Gasteiger partial charge is 1.00 e. The number of alkyl halides is 1. The van der Waals surface area contributed by atoms with Crippen LogP contribution in [0.1, 0.15) is 6.92 Å². The summed E-state index contributed by atoms with van der Waals surface area (Å²) in [4.78, 5) is 8.40. The Balaban J connectivity index is -0.0000000800. The average molecular weight is 182 g/mol. The Morgan fingerprint density at radius 2 is 2.00 bits per heavy atom. The van der Waals surface area contributed by atoms with Gasteiger partial charge >= 0.3 is 29.6 Å². The normalized spacial score (nSPS) is 10.7. The van der Waals surface area contributed by atoms with E-state index in [-0.39, 0.29) is 35.7 Å². The Morgan fingerprint density at radius 1 is 1.89 bits per heavy atom. The summed E-state index contributed by atoms with van der Waals surface area (Å²) in [5.74, 6) is 0.333. The zero-order valence-electron chi connectivity index (χ0n) is 5.43. The topological polar surface area (TPSA) is 60.4 Å². The molecule has 0 aromatic rings. The summed E-state index contributed by atoms with van der Waals surface area (Å²) in [6, 6.07) is 0. The molecule has 9 heavy (non-hydrogen) atoms. The van der Waals surface area contributed by atoms with Gasteiger partial charge in [0.25, 0.3) is 8.69 Å². The fraction of sp³-hybridized carbons (Fsp3) is 1.00. The molecular formula is C3H8ClNaO3P+. The number of aliphatic hydroxyl groups excluding tert-OH is 1. The monoisotopic (exact) mass is 181 g/mol. The second kappa shape index (κ2) is 16.1. The molecule has 0 aliphatic rings. The molecule has 0 saturated heterocycles. The van der Waals surface area contributed by atoms with Gasteiger partial charge in [0.15, 0.2) is 0 Å². The van der Waals surface area contributed by atoms with Gasteiger partial charge in [0.05, 0.1) is 6.10 Å². The number of halogens is 1. The van der Waals surface area contributed by atoms with E-state index in [4.69, 9.17) is 26.2 Å². The third-order valence-electron chi connectivity index (χ3n) is 0.223. The molecule has 1 N–H and O–H groups in total. The molecule has 0 fully saturated rings. The molecule has 2 unspecified atom stereocenters. The van der Waals surface area contributed by atoms with Crippen LogP contribution in [0.3, 0.4) is 0 Å². The van der Waals surface area contributed by atoms with Crippen molar-refractivity contribution >= 4 is 20.3 Å². The minimum atomic E-state index is -1.42. The van der Waals surface area contributed by atoms with Gasteiger partial charge in [-0.15, -0.1) is 11.6 Å². The molecule has 0 aromatic heterocycles. The molecule has 3 nitrogen and oxygen atoms in total. The van der Waals surface area contributed by atoms with Crippen LogP contribution in [-0.4, -0.2) is 17.1 Å². The predicted molar refractivity (Wildman–Crippen MR) is 31.4 cm³/mol. The van der Waals surface area contributed by atoms with Crippen molar-refractivity contribution in [2.45, 2.75) is 13.0 Å². The molecule has 0 rings (SSSR count). The van der Waals surface area contributed by atoms with Crippen molar-refractivity contribution in [2.24, 2.45) is 0 Å². The number of hydrogen-bond acceptors (Lipinski definition) is 3. The molecule has 0 aliphatic carbocycles. The first-order valence-corrected chi connectivity index (χ1v) is 3.27. The third kappa shape index (κ3) is 45.4. The van der Waals surface area contributed by atoms with Crippen molar-refractivity contribution in [3.63, 3.8) is 0 Å². The van der Waals surface area contributed by atoms with E-state index in [1.807, 2.05) is 0 Å². The van der Waals surface area contributed by atoms with Gasteiger partial charge in [0, 0.05) is 5.88 Å². The third-order valence-corrected chi connectivity index (χ3v) is 0.670. The van der Waals surface area contributed by atoms with E-state index in [1.54, 1.807) is 6.92 Å². The van der Waals surface area contributed by atoms with Crippen molar-refractivity contribution in [3.8, 4) is 0 Å². The Bertz CT molecular complexity index is 54.3. The molecule has 0 heterocycles. The molecular weight excluding hydrogens is 173 g/mol. The van der Waals surface area contributed by atoms with E-state index in [1.165, 1.54) is 0 Å². The molecule has 0 aromatic carbocycles. The van der Waals surface area contributed by atoms with Gasteiger partial charge in [0.2, 0.25) is 0 Å². The van der Waals surface area contributed by atoms with Crippen LogP contribution < -0.4 is 34.5 Å². The minimum Gasteiger partial charge on any atom is -0.597 e. The van der Waals surface area contributed by atoms with E-state index in [0.29, 0.717) is 5.88 Å². The summed E-state index contributed by atoms with van der Waals surface area (Å²) >= 11 is 5.09. The molecule has 0 radical (unpaired) electrons. The Hall–Kier alpha value is 1.31. The van der Waals surface area contributed by atoms with Gasteiger partial charge in [-0.25, -0.2) is 0 Å². The van der Waals surface area contributed by atoms with Crippen molar-refractivity contribution in [2.75, 3.05) is 5.88 Å². The van der Waals surface area contributed by atoms with Gasteiger partial charge in [-0.05, 0) is 6.92 Å². The molecule has 0 aliphatic heterocycles. The number of rotatable bonds is 1. The van der Waals surface area contributed by atoms with Crippen molar-refractivity contribution in [1.29, 1.82) is 0 Å². The first-order valence-electron chi connectivity index (χ1n) is 1.92. The first-order chi connectivity index (χ1) is 3.68. The summed E-state index contributed by atoms with van der Waals surface area (Å²) in [5, 5.41) is 8.23. The Labute approximate surface area is 83.0 Å². The second-order valence-electron chi connectivity index (χ2n) is 1.09. The van der Waals surface area contributed by atoms with Crippen LogP contribution >= 0.6 is 20.3 Å². The zero-order valence-corrected chi connectivity index (χ0v) is 9.18. The molecule has 0 spiro atoms. The fourth-order valence-electron chi connectivity index (χ4n) is 0. The van der Waals surface area contributed by atoms with E-state index >= 15 is 0 Å². The van der Waals surface area contributed by atoms with Gasteiger partial charge < -0.3 is 10.00 Å². The van der Waals surface area contributed by atoms with Crippen molar-refractivity contribution in [1.82, 2.24) is 0 Å². The van der Waals surface area contributed by atoms with Gasteiger partial charge in [-0.1, -0.05) is 4.57 Å². The first kappa shape index (κ1) is 16.7. The Morgan fingerprint density at radius 3 is 2.00 bits per heavy atom. The minimum absolute atomic E-state index is 0. The number of hydrogen-bond donors (Lipinski definition) is 1. The van der Waals surface area contributed by atoms with E-state index < -0.39 is 8.69 Å². The maximum absolute atomic E-state index is 8.40. The Kier molecular flexibility index (Phi) is 30.0. The van der Waals surface area contributed by atoms with Gasteiger partial charge in [-0.2, -0.15) is 0 Å². The quantitative estimate of drug-likeness (QED) is 0.265. The standard InChI is InChI=1S/C3H7ClO.Na.HO2P/c1-3(5)2-4;;1-3-2/h3,5H,2H2,1H3;;3H/q;+1;. The van der Waals surface area contributed by atoms with Crippen LogP contribution in [-0.2, 0) is 4.57 Å². The molecule has 6 heteroatoms. The van der Waals surface area contributed by atoms with Crippen LogP contribution in [0.5, 0.6) is 0 Å². The van der Waals surface area contributed by atoms with Crippen molar-refractivity contribution in [3.05, 3.63) is 0 Å². The maximum Gasteiger partial charge on any atom is 1.00 e.